The molecule has 1 aromatic carbocycles. The molecule has 1 aromatic rings. The second kappa shape index (κ2) is 8.81. The van der Waals surface area contributed by atoms with Crippen LogP contribution in [0.1, 0.15) is 12.8 Å². The zero-order valence-corrected chi connectivity index (χ0v) is 14.5. The molecule has 0 aromatic heterocycles. The quantitative estimate of drug-likeness (QED) is 0.750. The summed E-state index contributed by atoms with van der Waals surface area (Å²) in [6.07, 6.45) is 2.35. The van der Waals surface area contributed by atoms with Crippen molar-refractivity contribution in [3.8, 4) is 0 Å². The van der Waals surface area contributed by atoms with Gasteiger partial charge in [-0.3, -0.25) is 9.69 Å². The minimum atomic E-state index is 0. The van der Waals surface area contributed by atoms with E-state index >= 15 is 0 Å². The van der Waals surface area contributed by atoms with Gasteiger partial charge in [-0.05, 0) is 67.2 Å². The highest BCUT2D eigenvalue weighted by molar-refractivity contribution is 14.1. The third-order valence-corrected chi connectivity index (χ3v) is 4.06. The minimum absolute atomic E-state index is 0. The van der Waals surface area contributed by atoms with E-state index in [1.807, 2.05) is 31.3 Å². The van der Waals surface area contributed by atoms with Gasteiger partial charge in [0.15, 0.2) is 0 Å². The maximum Gasteiger partial charge on any atom is 0.238 e. The van der Waals surface area contributed by atoms with Crippen molar-refractivity contribution >= 4 is 46.6 Å². The van der Waals surface area contributed by atoms with Gasteiger partial charge in [-0.15, -0.1) is 12.4 Å². The fourth-order valence-electron chi connectivity index (χ4n) is 2.40. The van der Waals surface area contributed by atoms with Crippen molar-refractivity contribution in [1.82, 2.24) is 10.2 Å². The first-order chi connectivity index (χ1) is 9.17. The second-order valence-electron chi connectivity index (χ2n) is 4.92. The van der Waals surface area contributed by atoms with Crippen LogP contribution in [0.4, 0.5) is 5.69 Å². The van der Waals surface area contributed by atoms with Crippen molar-refractivity contribution in [2.75, 3.05) is 32.0 Å². The van der Waals surface area contributed by atoms with Crippen LogP contribution in [-0.4, -0.2) is 43.5 Å². The molecule has 2 N–H and O–H groups in total. The number of halogens is 2. The van der Waals surface area contributed by atoms with Crippen LogP contribution in [-0.2, 0) is 4.79 Å². The first-order valence-electron chi connectivity index (χ1n) is 6.62. The van der Waals surface area contributed by atoms with E-state index in [4.69, 9.17) is 0 Å². The summed E-state index contributed by atoms with van der Waals surface area (Å²) < 4.78 is 1.13. The summed E-state index contributed by atoms with van der Waals surface area (Å²) in [6.45, 7) is 2.44. The standard InChI is InChI=1S/C14H20IN3O.ClH/c1-16-13-6-3-7-18(9-13)10-14(19)17-12-5-2-4-11(15)8-12;/h2,4-5,8,13,16H,3,6-7,9-10H2,1H3,(H,17,19);1H. The van der Waals surface area contributed by atoms with Gasteiger partial charge in [0.1, 0.15) is 0 Å². The number of piperidine rings is 1. The molecule has 112 valence electrons. The van der Waals surface area contributed by atoms with E-state index in [0.29, 0.717) is 12.6 Å². The number of nitrogens with zero attached hydrogens (tertiary/aromatic N) is 1. The van der Waals surface area contributed by atoms with Crippen molar-refractivity contribution in [1.29, 1.82) is 0 Å². The van der Waals surface area contributed by atoms with Crippen molar-refractivity contribution in [3.05, 3.63) is 27.8 Å². The van der Waals surface area contributed by atoms with E-state index in [0.717, 1.165) is 28.8 Å². The van der Waals surface area contributed by atoms with Crippen LogP contribution in [0.5, 0.6) is 0 Å². The predicted molar refractivity (Wildman–Crippen MR) is 93.6 cm³/mol. The minimum Gasteiger partial charge on any atom is -0.325 e. The van der Waals surface area contributed by atoms with Gasteiger partial charge in [-0.2, -0.15) is 0 Å². The Balaban J connectivity index is 0.00000200. The molecular weight excluding hydrogens is 389 g/mol. The lowest BCUT2D eigenvalue weighted by atomic mass is 10.1. The van der Waals surface area contributed by atoms with Crippen molar-refractivity contribution in [2.45, 2.75) is 18.9 Å². The average Bonchev–Trinajstić information content (AvgIpc) is 2.38. The summed E-state index contributed by atoms with van der Waals surface area (Å²) in [6, 6.07) is 8.38. The van der Waals surface area contributed by atoms with Crippen LogP contribution in [0.25, 0.3) is 0 Å². The fraction of sp³-hybridized carbons (Fsp3) is 0.500. The van der Waals surface area contributed by atoms with Gasteiger partial charge in [0, 0.05) is 21.8 Å². The van der Waals surface area contributed by atoms with E-state index < -0.39 is 0 Å². The molecule has 1 fully saturated rings. The highest BCUT2D eigenvalue weighted by Gasteiger charge is 2.20. The lowest BCUT2D eigenvalue weighted by Crippen LogP contribution is -2.46. The van der Waals surface area contributed by atoms with Gasteiger partial charge in [0.25, 0.3) is 0 Å². The molecule has 1 aliphatic rings. The van der Waals surface area contributed by atoms with Crippen LogP contribution in [0.3, 0.4) is 0 Å². The largest absolute Gasteiger partial charge is 0.325 e. The van der Waals surface area contributed by atoms with Crippen LogP contribution in [0, 0.1) is 3.57 Å². The molecule has 20 heavy (non-hydrogen) atoms. The Bertz CT molecular complexity index is 444. The third-order valence-electron chi connectivity index (χ3n) is 3.39. The van der Waals surface area contributed by atoms with Crippen molar-refractivity contribution in [2.24, 2.45) is 0 Å². The number of likely N-dealkylation sites (tertiary alicyclic amines) is 1. The van der Waals surface area contributed by atoms with Gasteiger partial charge >= 0.3 is 0 Å². The summed E-state index contributed by atoms with van der Waals surface area (Å²) in [5.41, 5.74) is 0.874. The lowest BCUT2D eigenvalue weighted by Gasteiger charge is -2.31. The number of amides is 1. The Morgan fingerprint density at radius 3 is 3.00 bits per heavy atom. The van der Waals surface area contributed by atoms with Crippen LogP contribution in [0.15, 0.2) is 24.3 Å². The number of nitrogens with one attached hydrogen (secondary N) is 2. The SMILES string of the molecule is CNC1CCCN(CC(=O)Nc2cccc(I)c2)C1.Cl. The van der Waals surface area contributed by atoms with Crippen molar-refractivity contribution in [3.63, 3.8) is 0 Å². The summed E-state index contributed by atoms with van der Waals surface area (Å²) in [7, 11) is 1.99. The van der Waals surface area contributed by atoms with Gasteiger partial charge in [-0.25, -0.2) is 0 Å². The first-order valence-corrected chi connectivity index (χ1v) is 7.70. The smallest absolute Gasteiger partial charge is 0.238 e. The Hall–Kier alpha value is -0.370. The Labute approximate surface area is 140 Å². The zero-order valence-electron chi connectivity index (χ0n) is 11.6. The Morgan fingerprint density at radius 1 is 1.50 bits per heavy atom. The number of anilines is 1. The molecule has 0 spiro atoms. The maximum absolute atomic E-state index is 12.0. The molecule has 1 saturated heterocycles. The number of rotatable bonds is 4. The number of hydrogen-bond acceptors (Lipinski definition) is 3. The molecule has 0 radical (unpaired) electrons. The summed E-state index contributed by atoms with van der Waals surface area (Å²) in [5, 5.41) is 6.25. The van der Waals surface area contributed by atoms with E-state index in [1.165, 1.54) is 6.42 Å². The molecule has 4 nitrogen and oxygen atoms in total. The number of carbonyl (C=O) groups excluding carboxylic acids is 1. The van der Waals surface area contributed by atoms with Gasteiger partial charge in [0.2, 0.25) is 5.91 Å². The van der Waals surface area contributed by atoms with E-state index in [-0.39, 0.29) is 18.3 Å². The average molecular weight is 410 g/mol. The molecule has 1 aliphatic heterocycles. The first kappa shape index (κ1) is 17.7. The lowest BCUT2D eigenvalue weighted by molar-refractivity contribution is -0.117. The van der Waals surface area contributed by atoms with Crippen LogP contribution >= 0.6 is 35.0 Å². The zero-order chi connectivity index (χ0) is 13.7. The Morgan fingerprint density at radius 2 is 2.30 bits per heavy atom. The number of carbonyl (C=O) groups is 1. The molecule has 1 unspecified atom stereocenters. The molecule has 0 bridgehead atoms. The maximum atomic E-state index is 12.0. The predicted octanol–water partition coefficient (Wildman–Crippen LogP) is 2.34. The van der Waals surface area contributed by atoms with E-state index in [1.54, 1.807) is 0 Å². The molecule has 1 amide bonds. The number of hydrogen-bond donors (Lipinski definition) is 2. The summed E-state index contributed by atoms with van der Waals surface area (Å²) in [5.74, 6) is 0.0683. The highest BCUT2D eigenvalue weighted by atomic mass is 127. The van der Waals surface area contributed by atoms with Crippen LogP contribution < -0.4 is 10.6 Å². The third kappa shape index (κ3) is 5.55. The number of likely N-dealkylation sites (N-methyl/N-ethyl adjacent to an activating group) is 1. The highest BCUT2D eigenvalue weighted by Crippen LogP contribution is 2.13. The summed E-state index contributed by atoms with van der Waals surface area (Å²) in [4.78, 5) is 14.2. The van der Waals surface area contributed by atoms with E-state index in [2.05, 4.69) is 38.1 Å². The number of benzene rings is 1. The van der Waals surface area contributed by atoms with Gasteiger partial charge in [0.05, 0.1) is 6.54 Å². The normalized spacial score (nSPS) is 19.2. The molecule has 1 heterocycles. The molecule has 2 rings (SSSR count). The monoisotopic (exact) mass is 409 g/mol. The molecule has 6 heteroatoms. The second-order valence-corrected chi connectivity index (χ2v) is 6.17. The summed E-state index contributed by atoms with van der Waals surface area (Å²) >= 11 is 2.25. The van der Waals surface area contributed by atoms with Crippen LogP contribution in [0.2, 0.25) is 0 Å². The Kier molecular flexibility index (Phi) is 7.79. The molecular formula is C14H21ClIN3O. The van der Waals surface area contributed by atoms with Gasteiger partial charge < -0.3 is 10.6 Å². The molecule has 1 atom stereocenters. The fourth-order valence-corrected chi connectivity index (χ4v) is 2.95. The molecule has 0 saturated carbocycles. The van der Waals surface area contributed by atoms with Crippen molar-refractivity contribution < 1.29 is 4.79 Å². The topological polar surface area (TPSA) is 44.4 Å². The van der Waals surface area contributed by atoms with Gasteiger partial charge in [-0.1, -0.05) is 6.07 Å². The molecule has 0 aliphatic carbocycles. The van der Waals surface area contributed by atoms with E-state index in [9.17, 15) is 4.79 Å².